The first-order valence-electron chi connectivity index (χ1n) is 13.4. The first-order valence-corrected chi connectivity index (χ1v) is 17.7. The molecule has 5 rings (SSSR count). The molecule has 4 N–H and O–H groups in total. The summed E-state index contributed by atoms with van der Waals surface area (Å²) in [6.45, 7) is 0. The van der Waals surface area contributed by atoms with Crippen molar-refractivity contribution in [3.8, 4) is 17.2 Å². The quantitative estimate of drug-likeness (QED) is 0.0345. The van der Waals surface area contributed by atoms with Crippen molar-refractivity contribution < 1.29 is 148 Å². The monoisotopic (exact) mass is 826 g/mol. The number of aromatic hydroxyl groups is 3. The number of rotatable bonds is 10. The van der Waals surface area contributed by atoms with Gasteiger partial charge in [0.2, 0.25) is 0 Å². The molecule has 0 fully saturated rings. The number of hydrogen-bond acceptors (Lipinski definition) is 19. The molecule has 0 aliphatic rings. The van der Waals surface area contributed by atoms with E-state index in [0.717, 1.165) is 24.3 Å². The van der Waals surface area contributed by atoms with E-state index in [4.69, 9.17) is 0 Å². The Morgan fingerprint density at radius 3 is 1.61 bits per heavy atom. The molecular weight excluding hydrogens is 810 g/mol. The van der Waals surface area contributed by atoms with E-state index < -0.39 is 84.3 Å². The van der Waals surface area contributed by atoms with Gasteiger partial charge in [-0.05, 0) is 60.0 Å². The first-order chi connectivity index (χ1) is 23.7. The van der Waals surface area contributed by atoms with Crippen molar-refractivity contribution in [2.45, 2.75) is 14.7 Å². The van der Waals surface area contributed by atoms with E-state index in [9.17, 15) is 64.3 Å². The number of phenols is 3. The Kier molecular flexibility index (Phi) is 15.9. The Balaban J connectivity index is 0.00000336. The molecule has 54 heavy (non-hydrogen) atoms. The third-order valence-electron chi connectivity index (χ3n) is 6.73. The second kappa shape index (κ2) is 18.2. The summed E-state index contributed by atoms with van der Waals surface area (Å²) in [6, 6.07) is 12.7. The second-order valence-electron chi connectivity index (χ2n) is 10.2. The van der Waals surface area contributed by atoms with Crippen LogP contribution in [0.25, 0.3) is 10.8 Å². The number of nitro groups is 1. The average Bonchev–Trinajstić information content (AvgIpc) is 3.02. The minimum Gasteiger partial charge on any atom is -0.744 e. The number of benzene rings is 5. The van der Waals surface area contributed by atoms with Gasteiger partial charge in [0.1, 0.15) is 59.0 Å². The normalized spacial score (nSPS) is 11.8. The fraction of sp³-hybridized carbons (Fsp3) is 0. The topological polar surface area (TPSA) is 337 Å². The second-order valence-corrected chi connectivity index (χ2v) is 14.3. The third-order valence-corrected chi connectivity index (χ3v) is 9.24. The number of hydrogen-bond donors (Lipinski definition) is 4. The summed E-state index contributed by atoms with van der Waals surface area (Å²) < 4.78 is 105. The fourth-order valence-electron chi connectivity index (χ4n) is 4.42. The Bertz CT molecular complexity index is 2660. The van der Waals surface area contributed by atoms with Crippen LogP contribution in [-0.2, 0) is 30.4 Å². The molecule has 0 bridgehead atoms. The van der Waals surface area contributed by atoms with E-state index in [2.05, 4.69) is 25.8 Å². The van der Waals surface area contributed by atoms with E-state index >= 15 is 0 Å². The average molecular weight is 827 g/mol. The van der Waals surface area contributed by atoms with Crippen LogP contribution in [0.3, 0.4) is 0 Å². The van der Waals surface area contributed by atoms with Gasteiger partial charge < -0.3 is 34.3 Å². The van der Waals surface area contributed by atoms with Crippen LogP contribution >= 0.6 is 0 Å². The van der Waals surface area contributed by atoms with Crippen LogP contribution in [0, 0.1) is 10.1 Å². The van der Waals surface area contributed by atoms with Crippen LogP contribution in [-0.4, -0.2) is 59.2 Å². The maximum Gasteiger partial charge on any atom is 1.00 e. The zero-order chi connectivity index (χ0) is 37.5. The van der Waals surface area contributed by atoms with Crippen LogP contribution in [0.1, 0.15) is 0 Å². The SMILES string of the molecule is O=[N+]([O-])c1ccc(Nc2ccc(N=Nc3cc(N=Nc4cc(S(=O)(=O)[O-])cc5cc(S(=O)(=O)[O-])cc(O)c45)c(O)cc3O)cc2)c(S(=O)(=O)[O-])c1.[Na+].[Na+].[Na+]. The van der Waals surface area contributed by atoms with Crippen molar-refractivity contribution in [2.24, 2.45) is 20.5 Å². The number of anilines is 2. The molecule has 0 aliphatic carbocycles. The maximum atomic E-state index is 11.8. The molecule has 0 spiro atoms. The fourth-order valence-corrected chi connectivity index (χ4v) is 6.13. The predicted molar refractivity (Wildman–Crippen MR) is 170 cm³/mol. The number of nitrogens with one attached hydrogen (secondary N) is 1. The molecule has 5 aromatic rings. The first kappa shape index (κ1) is 47.0. The smallest absolute Gasteiger partial charge is 0.744 e. The van der Waals surface area contributed by atoms with Crippen LogP contribution in [0.5, 0.6) is 17.2 Å². The molecule has 5 aromatic carbocycles. The molecule has 0 atom stereocenters. The van der Waals surface area contributed by atoms with Crippen LogP contribution in [0.15, 0.2) is 114 Å². The van der Waals surface area contributed by atoms with E-state index in [1.165, 1.54) is 24.3 Å². The van der Waals surface area contributed by atoms with Crippen molar-refractivity contribution in [2.75, 3.05) is 5.32 Å². The summed E-state index contributed by atoms with van der Waals surface area (Å²) >= 11 is 0. The largest absolute Gasteiger partial charge is 1.00 e. The maximum absolute atomic E-state index is 11.8. The van der Waals surface area contributed by atoms with Gasteiger partial charge in [-0.25, -0.2) is 25.3 Å². The minimum absolute atomic E-state index is 0. The van der Waals surface area contributed by atoms with Crippen LogP contribution in [0.4, 0.5) is 39.8 Å². The molecule has 20 nitrogen and oxygen atoms in total. The van der Waals surface area contributed by atoms with E-state index in [-0.39, 0.29) is 122 Å². The summed E-state index contributed by atoms with van der Waals surface area (Å²) in [5.41, 5.74) is -1.61. The molecule has 0 radical (unpaired) electrons. The van der Waals surface area contributed by atoms with Gasteiger partial charge in [-0.15, -0.1) is 15.3 Å². The molecule has 264 valence electrons. The molecule has 0 saturated heterocycles. The van der Waals surface area contributed by atoms with E-state index in [1.807, 2.05) is 0 Å². The standard InChI is InChI=1S/C28H20N6O14S3.3Na/c35-24-13-25(36)22(32-33-23-10-18(49(40,41)42)7-14-8-19(50(43,44)45)11-26(37)28(14)23)12-21(24)31-30-16-3-1-15(2-4-16)29-20-6-5-17(34(38)39)9-27(20)51(46,47)48;;;/h1-13,29,35-37H,(H,40,41,42)(H,43,44,45)(H,46,47,48);;;/q;3*+1/p-3. The Morgan fingerprint density at radius 1 is 0.574 bits per heavy atom. The molecule has 0 saturated carbocycles. The number of nitrogens with zero attached hydrogens (tertiary/aromatic N) is 5. The van der Waals surface area contributed by atoms with Crippen molar-refractivity contribution in [1.29, 1.82) is 0 Å². The van der Waals surface area contributed by atoms with E-state index in [0.29, 0.717) is 30.3 Å². The summed E-state index contributed by atoms with van der Waals surface area (Å²) in [7, 11) is -15.4. The Hall–Kier alpha value is -3.11. The van der Waals surface area contributed by atoms with Gasteiger partial charge in [-0.2, -0.15) is 5.11 Å². The number of nitro benzene ring substituents is 1. The summed E-state index contributed by atoms with van der Waals surface area (Å²) in [5.74, 6) is -2.09. The zero-order valence-corrected chi connectivity index (χ0v) is 36.2. The predicted octanol–water partition coefficient (Wildman–Crippen LogP) is -3.84. The van der Waals surface area contributed by atoms with Crippen molar-refractivity contribution in [3.63, 3.8) is 0 Å². The van der Waals surface area contributed by atoms with Gasteiger partial charge in [-0.1, -0.05) is 0 Å². The summed E-state index contributed by atoms with van der Waals surface area (Å²) in [6.07, 6.45) is 0. The molecule has 0 aliphatic heterocycles. The van der Waals surface area contributed by atoms with E-state index in [1.54, 1.807) is 0 Å². The van der Waals surface area contributed by atoms with Gasteiger partial charge in [0.15, 0.2) is 0 Å². The van der Waals surface area contributed by atoms with Crippen molar-refractivity contribution in [1.82, 2.24) is 0 Å². The molecule has 0 unspecified atom stereocenters. The Morgan fingerprint density at radius 2 is 1.09 bits per heavy atom. The van der Waals surface area contributed by atoms with Gasteiger partial charge in [0.05, 0.1) is 42.1 Å². The molecule has 26 heteroatoms. The zero-order valence-electron chi connectivity index (χ0n) is 27.8. The molecule has 0 amide bonds. The summed E-state index contributed by atoms with van der Waals surface area (Å²) in [5, 5.41) is 59.4. The van der Waals surface area contributed by atoms with Crippen LogP contribution < -0.4 is 94.0 Å². The van der Waals surface area contributed by atoms with Crippen molar-refractivity contribution >= 4 is 80.9 Å². The van der Waals surface area contributed by atoms with Crippen LogP contribution in [0.2, 0.25) is 0 Å². The number of phenolic OH excluding ortho intramolecular Hbond substituents is 3. The Labute approximate surface area is 371 Å². The van der Waals surface area contributed by atoms with Gasteiger partial charge in [-0.3, -0.25) is 10.1 Å². The number of azo groups is 2. The molecular formula is C28H17N6Na3O14S3. The number of fused-ring (bicyclic) bond motifs is 1. The summed E-state index contributed by atoms with van der Waals surface area (Å²) in [4.78, 5) is 7.44. The molecule has 0 aromatic heterocycles. The van der Waals surface area contributed by atoms with Gasteiger partial charge in [0.25, 0.3) is 5.69 Å². The minimum atomic E-state index is -5.18. The third kappa shape index (κ3) is 11.2. The van der Waals surface area contributed by atoms with Crippen molar-refractivity contribution in [3.05, 3.63) is 89.0 Å². The van der Waals surface area contributed by atoms with Gasteiger partial charge >= 0.3 is 88.7 Å². The molecule has 0 heterocycles. The van der Waals surface area contributed by atoms with Gasteiger partial charge in [0, 0.05) is 30.0 Å². The number of non-ortho nitro benzene ring substituents is 1.